The number of benzene rings is 3. The number of nitrogens with one attached hydrogen (secondary N) is 1. The molecule has 28 heavy (non-hydrogen) atoms. The van der Waals surface area contributed by atoms with Crippen LogP contribution in [0, 0.1) is 5.41 Å². The molecule has 3 aromatic carbocycles. The summed E-state index contributed by atoms with van der Waals surface area (Å²) in [6.07, 6.45) is 2.35. The largest absolute Gasteiger partial charge is 0.497 e. The first-order valence-electron chi connectivity index (χ1n) is 9.78. The summed E-state index contributed by atoms with van der Waals surface area (Å²) in [6, 6.07) is 23.7. The van der Waals surface area contributed by atoms with E-state index in [-0.39, 0.29) is 0 Å². The van der Waals surface area contributed by atoms with Gasteiger partial charge >= 0.3 is 0 Å². The second-order valence-corrected chi connectivity index (χ2v) is 9.36. The minimum absolute atomic E-state index is 0.390. The lowest BCUT2D eigenvalue weighted by atomic mass is 9.90. The maximum atomic E-state index is 5.35. The first-order chi connectivity index (χ1) is 13.5. The summed E-state index contributed by atoms with van der Waals surface area (Å²) in [5, 5.41) is 3.63. The van der Waals surface area contributed by atoms with Crippen molar-refractivity contribution in [2.24, 2.45) is 5.41 Å². The third-order valence-corrected chi connectivity index (χ3v) is 6.38. The van der Waals surface area contributed by atoms with Crippen LogP contribution in [0.4, 0.5) is 5.69 Å². The average molecular weight is 390 g/mol. The fourth-order valence-corrected chi connectivity index (χ4v) is 4.90. The molecule has 0 fully saturated rings. The molecule has 0 spiro atoms. The van der Waals surface area contributed by atoms with E-state index in [9.17, 15) is 0 Å². The Morgan fingerprint density at radius 1 is 0.929 bits per heavy atom. The van der Waals surface area contributed by atoms with Crippen molar-refractivity contribution in [3.63, 3.8) is 0 Å². The Hall–Kier alpha value is -2.39. The molecule has 1 aliphatic rings. The molecule has 3 aromatic rings. The smallest absolute Gasteiger partial charge is 0.119 e. The highest BCUT2D eigenvalue weighted by molar-refractivity contribution is 7.99. The first-order valence-corrected chi connectivity index (χ1v) is 10.6. The molecule has 0 atom stereocenters. The SMILES string of the molecule is COc1cccc(Sc2ccccc2CNc2ccc3c(c2)CC(C)(C)C3)c1. The number of hydrogen-bond acceptors (Lipinski definition) is 3. The second kappa shape index (κ2) is 7.92. The predicted molar refractivity (Wildman–Crippen MR) is 119 cm³/mol. The van der Waals surface area contributed by atoms with Gasteiger partial charge in [-0.2, -0.15) is 0 Å². The molecule has 0 bridgehead atoms. The molecule has 0 saturated carbocycles. The van der Waals surface area contributed by atoms with Crippen LogP contribution in [-0.4, -0.2) is 7.11 Å². The van der Waals surface area contributed by atoms with Crippen LogP contribution < -0.4 is 10.1 Å². The van der Waals surface area contributed by atoms with Gasteiger partial charge in [-0.15, -0.1) is 0 Å². The quantitative estimate of drug-likeness (QED) is 0.514. The average Bonchev–Trinajstić information content (AvgIpc) is 3.00. The molecule has 0 saturated heterocycles. The van der Waals surface area contributed by atoms with E-state index in [1.54, 1.807) is 18.9 Å². The molecule has 3 heteroatoms. The molecule has 4 rings (SSSR count). The maximum Gasteiger partial charge on any atom is 0.119 e. The van der Waals surface area contributed by atoms with E-state index < -0.39 is 0 Å². The Balaban J connectivity index is 1.48. The topological polar surface area (TPSA) is 21.3 Å². The summed E-state index contributed by atoms with van der Waals surface area (Å²) in [4.78, 5) is 2.46. The Morgan fingerprint density at radius 2 is 1.75 bits per heavy atom. The van der Waals surface area contributed by atoms with Gasteiger partial charge in [-0.25, -0.2) is 0 Å². The van der Waals surface area contributed by atoms with Gasteiger partial charge in [0.25, 0.3) is 0 Å². The zero-order chi connectivity index (χ0) is 19.6. The zero-order valence-electron chi connectivity index (χ0n) is 16.8. The highest BCUT2D eigenvalue weighted by Crippen LogP contribution is 2.37. The van der Waals surface area contributed by atoms with Gasteiger partial charge in [0, 0.05) is 22.0 Å². The van der Waals surface area contributed by atoms with Crippen molar-refractivity contribution >= 4 is 17.4 Å². The summed E-state index contributed by atoms with van der Waals surface area (Å²) in [5.41, 5.74) is 5.90. The van der Waals surface area contributed by atoms with E-state index in [0.29, 0.717) is 5.41 Å². The maximum absolute atomic E-state index is 5.35. The molecule has 0 unspecified atom stereocenters. The van der Waals surface area contributed by atoms with Crippen LogP contribution in [0.2, 0.25) is 0 Å². The normalized spacial score (nSPS) is 14.5. The second-order valence-electron chi connectivity index (χ2n) is 8.24. The molecular weight excluding hydrogens is 362 g/mol. The van der Waals surface area contributed by atoms with E-state index in [2.05, 4.69) is 73.8 Å². The fraction of sp³-hybridized carbons (Fsp3) is 0.280. The Bertz CT molecular complexity index is 980. The Morgan fingerprint density at radius 3 is 2.61 bits per heavy atom. The van der Waals surface area contributed by atoms with Gasteiger partial charge in [-0.05, 0) is 71.3 Å². The van der Waals surface area contributed by atoms with Crippen molar-refractivity contribution in [1.29, 1.82) is 0 Å². The molecule has 0 radical (unpaired) electrons. The molecule has 0 amide bonds. The van der Waals surface area contributed by atoms with Gasteiger partial charge in [0.2, 0.25) is 0 Å². The number of methoxy groups -OCH3 is 1. The number of ether oxygens (including phenoxy) is 1. The highest BCUT2D eigenvalue weighted by Gasteiger charge is 2.28. The zero-order valence-corrected chi connectivity index (χ0v) is 17.6. The fourth-order valence-electron chi connectivity index (χ4n) is 3.90. The Kier molecular flexibility index (Phi) is 5.36. The lowest BCUT2D eigenvalue weighted by Gasteiger charge is -2.14. The van der Waals surface area contributed by atoms with Gasteiger partial charge in [-0.1, -0.05) is 55.9 Å². The van der Waals surface area contributed by atoms with Crippen LogP contribution in [-0.2, 0) is 19.4 Å². The molecular formula is C25H27NOS. The molecule has 1 N–H and O–H groups in total. The van der Waals surface area contributed by atoms with Crippen LogP contribution in [0.25, 0.3) is 0 Å². The van der Waals surface area contributed by atoms with Gasteiger partial charge in [-0.3, -0.25) is 0 Å². The predicted octanol–water partition coefficient (Wildman–Crippen LogP) is 6.58. The van der Waals surface area contributed by atoms with Crippen LogP contribution in [0.3, 0.4) is 0 Å². The van der Waals surface area contributed by atoms with Gasteiger partial charge < -0.3 is 10.1 Å². The van der Waals surface area contributed by atoms with E-state index >= 15 is 0 Å². The molecule has 2 nitrogen and oxygen atoms in total. The van der Waals surface area contributed by atoms with Crippen LogP contribution in [0.15, 0.2) is 76.5 Å². The van der Waals surface area contributed by atoms with Gasteiger partial charge in [0.1, 0.15) is 5.75 Å². The van der Waals surface area contributed by atoms with Crippen molar-refractivity contribution in [3.8, 4) is 5.75 Å². The minimum Gasteiger partial charge on any atom is -0.497 e. The van der Waals surface area contributed by atoms with E-state index in [0.717, 1.165) is 12.3 Å². The van der Waals surface area contributed by atoms with E-state index in [1.165, 1.54) is 45.0 Å². The van der Waals surface area contributed by atoms with Crippen molar-refractivity contribution in [3.05, 3.63) is 83.4 Å². The van der Waals surface area contributed by atoms with E-state index in [4.69, 9.17) is 4.74 Å². The number of rotatable bonds is 6. The first kappa shape index (κ1) is 18.9. The van der Waals surface area contributed by atoms with Crippen LogP contribution >= 0.6 is 11.8 Å². The molecule has 0 aliphatic heterocycles. The monoisotopic (exact) mass is 389 g/mol. The standard InChI is InChI=1S/C25H27NOS/c1-25(2)15-18-11-12-21(13-20(18)16-25)26-17-19-7-4-5-10-24(19)28-23-9-6-8-22(14-23)27-3/h4-14,26H,15-17H2,1-3H3. The summed E-state index contributed by atoms with van der Waals surface area (Å²) in [6.45, 7) is 5.52. The lowest BCUT2D eigenvalue weighted by molar-refractivity contribution is 0.392. The number of fused-ring (bicyclic) bond motifs is 1. The summed E-state index contributed by atoms with van der Waals surface area (Å²) in [5.74, 6) is 0.890. The van der Waals surface area contributed by atoms with Crippen LogP contribution in [0.5, 0.6) is 5.75 Å². The molecule has 0 aromatic heterocycles. The summed E-state index contributed by atoms with van der Waals surface area (Å²) in [7, 11) is 1.71. The van der Waals surface area contributed by atoms with Crippen molar-refractivity contribution in [1.82, 2.24) is 0 Å². The third-order valence-electron chi connectivity index (χ3n) is 5.27. The number of anilines is 1. The Labute approximate surface area is 172 Å². The highest BCUT2D eigenvalue weighted by atomic mass is 32.2. The molecule has 144 valence electrons. The summed E-state index contributed by atoms with van der Waals surface area (Å²) >= 11 is 1.78. The van der Waals surface area contributed by atoms with Gasteiger partial charge in [0.05, 0.1) is 7.11 Å². The van der Waals surface area contributed by atoms with Crippen molar-refractivity contribution in [2.75, 3.05) is 12.4 Å². The van der Waals surface area contributed by atoms with Gasteiger partial charge in [0.15, 0.2) is 0 Å². The molecule has 1 aliphatic carbocycles. The van der Waals surface area contributed by atoms with Crippen LogP contribution in [0.1, 0.15) is 30.5 Å². The number of hydrogen-bond donors (Lipinski definition) is 1. The minimum atomic E-state index is 0.390. The van der Waals surface area contributed by atoms with Crippen molar-refractivity contribution in [2.45, 2.75) is 43.0 Å². The molecule has 0 heterocycles. The summed E-state index contributed by atoms with van der Waals surface area (Å²) < 4.78 is 5.35. The lowest BCUT2D eigenvalue weighted by Crippen LogP contribution is -2.09. The van der Waals surface area contributed by atoms with E-state index in [1.807, 2.05) is 12.1 Å². The van der Waals surface area contributed by atoms with Crippen molar-refractivity contribution < 1.29 is 4.74 Å². The third kappa shape index (κ3) is 4.36.